The molecular formula is C30H37N3O4. The molecule has 7 heteroatoms. The Balaban J connectivity index is 1.95. The monoisotopic (exact) mass is 503 g/mol. The van der Waals surface area contributed by atoms with Crippen molar-refractivity contribution < 1.29 is 19.1 Å². The van der Waals surface area contributed by atoms with Crippen molar-refractivity contribution in [3.05, 3.63) is 77.4 Å². The lowest BCUT2D eigenvalue weighted by Gasteiger charge is -2.35. The minimum Gasteiger partial charge on any atom is -0.444 e. The summed E-state index contributed by atoms with van der Waals surface area (Å²) in [6.45, 7) is 12.6. The van der Waals surface area contributed by atoms with Crippen LogP contribution in [0.25, 0.3) is 10.8 Å². The third-order valence-electron chi connectivity index (χ3n) is 6.11. The Morgan fingerprint density at radius 3 is 2.24 bits per heavy atom. The molecule has 3 rings (SSSR count). The lowest BCUT2D eigenvalue weighted by molar-refractivity contribution is -0.140. The van der Waals surface area contributed by atoms with E-state index in [0.717, 1.165) is 27.5 Å². The first-order valence-electron chi connectivity index (χ1n) is 12.5. The van der Waals surface area contributed by atoms with E-state index < -0.39 is 17.7 Å². The number of benzene rings is 3. The average Bonchev–Trinajstić information content (AvgIpc) is 2.81. The first-order chi connectivity index (χ1) is 17.4. The van der Waals surface area contributed by atoms with E-state index in [4.69, 9.17) is 4.74 Å². The summed E-state index contributed by atoms with van der Waals surface area (Å²) in [5, 5.41) is 7.62. The normalized spacial score (nSPS) is 12.2. The quantitative estimate of drug-likeness (QED) is 0.420. The third-order valence-corrected chi connectivity index (χ3v) is 6.11. The van der Waals surface area contributed by atoms with Crippen LogP contribution >= 0.6 is 0 Å². The largest absolute Gasteiger partial charge is 0.444 e. The van der Waals surface area contributed by atoms with Crippen molar-refractivity contribution in [1.29, 1.82) is 0 Å². The SMILES string of the molecule is Cc1cccc(C(C(=O)Nc2ccc3ccccc3c2)N(C(=O)CNC(=O)OC(C)(C)C)C(C)C)c1C. The van der Waals surface area contributed by atoms with Gasteiger partial charge in [-0.3, -0.25) is 9.59 Å². The van der Waals surface area contributed by atoms with Crippen molar-refractivity contribution in [2.24, 2.45) is 0 Å². The van der Waals surface area contributed by atoms with Gasteiger partial charge in [-0.05, 0) is 88.1 Å². The van der Waals surface area contributed by atoms with Gasteiger partial charge in [-0.15, -0.1) is 0 Å². The van der Waals surface area contributed by atoms with Crippen LogP contribution in [-0.4, -0.2) is 41.0 Å². The highest BCUT2D eigenvalue weighted by Crippen LogP contribution is 2.30. The number of rotatable bonds is 7. The Labute approximate surface area is 219 Å². The number of fused-ring (bicyclic) bond motifs is 1. The van der Waals surface area contributed by atoms with Gasteiger partial charge in [0.2, 0.25) is 5.91 Å². The molecule has 37 heavy (non-hydrogen) atoms. The summed E-state index contributed by atoms with van der Waals surface area (Å²) in [7, 11) is 0. The van der Waals surface area contributed by atoms with Crippen molar-refractivity contribution in [2.75, 3.05) is 11.9 Å². The number of aryl methyl sites for hydroxylation is 1. The fraction of sp³-hybridized carbons (Fsp3) is 0.367. The van der Waals surface area contributed by atoms with Gasteiger partial charge < -0.3 is 20.3 Å². The summed E-state index contributed by atoms with van der Waals surface area (Å²) >= 11 is 0. The van der Waals surface area contributed by atoms with Gasteiger partial charge in [0.15, 0.2) is 0 Å². The highest BCUT2D eigenvalue weighted by atomic mass is 16.6. The van der Waals surface area contributed by atoms with Crippen molar-refractivity contribution in [2.45, 2.75) is 66.2 Å². The Hall–Kier alpha value is -3.87. The molecule has 0 aliphatic heterocycles. The van der Waals surface area contributed by atoms with E-state index in [1.807, 2.05) is 88.4 Å². The fourth-order valence-corrected chi connectivity index (χ4v) is 4.25. The molecule has 3 aromatic rings. The number of carbonyl (C=O) groups excluding carboxylic acids is 3. The minimum absolute atomic E-state index is 0.294. The van der Waals surface area contributed by atoms with Crippen molar-refractivity contribution >= 4 is 34.4 Å². The van der Waals surface area contributed by atoms with Crippen LogP contribution in [0.2, 0.25) is 0 Å². The zero-order valence-corrected chi connectivity index (χ0v) is 22.7. The second kappa shape index (κ2) is 11.5. The van der Waals surface area contributed by atoms with Crippen molar-refractivity contribution in [3.8, 4) is 0 Å². The summed E-state index contributed by atoms with van der Waals surface area (Å²) in [5.74, 6) is -0.719. The predicted octanol–water partition coefficient (Wildman–Crippen LogP) is 5.90. The molecule has 3 aromatic carbocycles. The van der Waals surface area contributed by atoms with Crippen LogP contribution in [0.4, 0.5) is 10.5 Å². The number of carbonyl (C=O) groups is 3. The molecule has 196 valence electrons. The third kappa shape index (κ3) is 7.09. The van der Waals surface area contributed by atoms with E-state index in [-0.39, 0.29) is 24.4 Å². The standard InChI is InChI=1S/C30H37N3O4/c1-19(2)33(26(34)18-31-29(36)37-30(5,6)7)27(25-14-10-11-20(3)21(25)4)28(35)32-24-16-15-22-12-8-9-13-23(22)17-24/h8-17,19,27H,18H2,1-7H3,(H,31,36)(H,32,35). The molecule has 0 aromatic heterocycles. The Morgan fingerprint density at radius 2 is 1.59 bits per heavy atom. The summed E-state index contributed by atoms with van der Waals surface area (Å²) in [6.07, 6.45) is -0.687. The van der Waals surface area contributed by atoms with Crippen LogP contribution in [0, 0.1) is 13.8 Å². The number of ether oxygens (including phenoxy) is 1. The van der Waals surface area contributed by atoms with Crippen LogP contribution in [-0.2, 0) is 14.3 Å². The van der Waals surface area contributed by atoms with Gasteiger partial charge in [0, 0.05) is 11.7 Å². The van der Waals surface area contributed by atoms with Gasteiger partial charge in [-0.25, -0.2) is 4.79 Å². The molecule has 0 saturated heterocycles. The summed E-state index contributed by atoms with van der Waals surface area (Å²) in [6, 6.07) is 18.1. The van der Waals surface area contributed by atoms with Gasteiger partial charge in [0.05, 0.1) is 0 Å². The van der Waals surface area contributed by atoms with Crippen LogP contribution in [0.3, 0.4) is 0 Å². The van der Waals surface area contributed by atoms with E-state index in [1.54, 1.807) is 20.8 Å². The van der Waals surface area contributed by atoms with Crippen LogP contribution < -0.4 is 10.6 Å². The first-order valence-corrected chi connectivity index (χ1v) is 12.5. The van der Waals surface area contributed by atoms with Crippen LogP contribution in [0.15, 0.2) is 60.7 Å². The molecule has 0 bridgehead atoms. The van der Waals surface area contributed by atoms with E-state index >= 15 is 0 Å². The summed E-state index contributed by atoms with van der Waals surface area (Å²) in [4.78, 5) is 41.1. The number of nitrogens with one attached hydrogen (secondary N) is 2. The highest BCUT2D eigenvalue weighted by Gasteiger charge is 2.35. The maximum absolute atomic E-state index is 13.9. The second-order valence-electron chi connectivity index (χ2n) is 10.5. The topological polar surface area (TPSA) is 87.7 Å². The molecule has 0 radical (unpaired) electrons. The van der Waals surface area contributed by atoms with E-state index in [9.17, 15) is 14.4 Å². The van der Waals surface area contributed by atoms with Crippen LogP contribution in [0.1, 0.15) is 57.4 Å². The Kier molecular flexibility index (Phi) is 8.58. The zero-order valence-electron chi connectivity index (χ0n) is 22.7. The molecule has 1 unspecified atom stereocenters. The summed E-state index contributed by atoms with van der Waals surface area (Å²) in [5.41, 5.74) is 2.63. The molecule has 2 N–H and O–H groups in total. The van der Waals surface area contributed by atoms with Crippen molar-refractivity contribution in [1.82, 2.24) is 10.2 Å². The lowest BCUT2D eigenvalue weighted by atomic mass is 9.94. The molecule has 0 saturated carbocycles. The van der Waals surface area contributed by atoms with Gasteiger partial charge in [-0.2, -0.15) is 0 Å². The molecule has 0 aliphatic rings. The summed E-state index contributed by atoms with van der Waals surface area (Å²) < 4.78 is 5.27. The van der Waals surface area contributed by atoms with Crippen molar-refractivity contribution in [3.63, 3.8) is 0 Å². The average molecular weight is 504 g/mol. The molecular weight excluding hydrogens is 466 g/mol. The minimum atomic E-state index is -0.903. The Morgan fingerprint density at radius 1 is 0.919 bits per heavy atom. The maximum Gasteiger partial charge on any atom is 0.408 e. The van der Waals surface area contributed by atoms with Gasteiger partial charge in [-0.1, -0.05) is 48.5 Å². The van der Waals surface area contributed by atoms with E-state index in [2.05, 4.69) is 10.6 Å². The molecule has 0 spiro atoms. The smallest absolute Gasteiger partial charge is 0.408 e. The van der Waals surface area contributed by atoms with Gasteiger partial charge in [0.25, 0.3) is 5.91 Å². The molecule has 3 amide bonds. The number of hydrogen-bond donors (Lipinski definition) is 2. The zero-order chi connectivity index (χ0) is 27.3. The molecule has 0 heterocycles. The van der Waals surface area contributed by atoms with E-state index in [1.165, 1.54) is 4.90 Å². The van der Waals surface area contributed by atoms with Gasteiger partial charge >= 0.3 is 6.09 Å². The molecule has 0 aliphatic carbocycles. The number of alkyl carbamates (subject to hydrolysis) is 1. The number of hydrogen-bond acceptors (Lipinski definition) is 4. The maximum atomic E-state index is 13.9. The van der Waals surface area contributed by atoms with Gasteiger partial charge in [0.1, 0.15) is 18.2 Å². The molecule has 0 fully saturated rings. The molecule has 1 atom stereocenters. The fourth-order valence-electron chi connectivity index (χ4n) is 4.25. The number of nitrogens with zero attached hydrogens (tertiary/aromatic N) is 1. The first kappa shape index (κ1) is 27.7. The Bertz CT molecular complexity index is 1290. The second-order valence-corrected chi connectivity index (χ2v) is 10.5. The number of anilines is 1. The number of amides is 3. The lowest BCUT2D eigenvalue weighted by Crippen LogP contribution is -2.49. The predicted molar refractivity (Wildman–Crippen MR) is 147 cm³/mol. The molecule has 7 nitrogen and oxygen atoms in total. The van der Waals surface area contributed by atoms with E-state index in [0.29, 0.717) is 5.69 Å². The highest BCUT2D eigenvalue weighted by molar-refractivity contribution is 6.00. The van der Waals surface area contributed by atoms with Crippen LogP contribution in [0.5, 0.6) is 0 Å².